The standard InChI is InChI=1S/C23H19N3O3S2/c1-28-18-12-11-14(13-19(18)29-2)21(27)26-23(30)25-16-8-4-3-7-15(16)22-24-17-9-5-6-10-20(17)31-22/h3-13H,1-2H3,(H2,25,26,27,30). The molecule has 0 aliphatic heterocycles. The SMILES string of the molecule is COc1ccc(C(=O)NC(=S)Nc2ccccc2-c2nc3ccccc3s2)cc1OC. The second-order valence-corrected chi connectivity index (χ2v) is 7.95. The number of anilines is 1. The summed E-state index contributed by atoms with van der Waals surface area (Å²) in [6.07, 6.45) is 0. The highest BCUT2D eigenvalue weighted by atomic mass is 32.1. The minimum Gasteiger partial charge on any atom is -0.493 e. The Bertz CT molecular complexity index is 1240. The molecule has 2 N–H and O–H groups in total. The van der Waals surface area contributed by atoms with E-state index < -0.39 is 0 Å². The number of amides is 1. The Morgan fingerprint density at radius 3 is 2.48 bits per heavy atom. The molecule has 8 heteroatoms. The lowest BCUT2D eigenvalue weighted by Crippen LogP contribution is -2.34. The van der Waals surface area contributed by atoms with Gasteiger partial charge in [-0.2, -0.15) is 0 Å². The molecule has 156 valence electrons. The maximum absolute atomic E-state index is 12.6. The molecule has 0 aliphatic carbocycles. The molecule has 3 aromatic carbocycles. The second kappa shape index (κ2) is 9.11. The molecular formula is C23H19N3O3S2. The summed E-state index contributed by atoms with van der Waals surface area (Å²) < 4.78 is 11.6. The third-order valence-corrected chi connectivity index (χ3v) is 5.85. The molecule has 4 rings (SSSR count). The van der Waals surface area contributed by atoms with Gasteiger partial charge in [-0.15, -0.1) is 11.3 Å². The summed E-state index contributed by atoms with van der Waals surface area (Å²) in [6, 6.07) is 20.6. The minimum atomic E-state index is -0.351. The lowest BCUT2D eigenvalue weighted by molar-refractivity contribution is 0.0977. The van der Waals surface area contributed by atoms with Gasteiger partial charge >= 0.3 is 0 Å². The van der Waals surface area contributed by atoms with E-state index in [0.717, 1.165) is 26.5 Å². The largest absolute Gasteiger partial charge is 0.493 e. The molecule has 0 bridgehead atoms. The number of para-hydroxylation sites is 2. The van der Waals surface area contributed by atoms with Gasteiger partial charge in [0.25, 0.3) is 5.91 Å². The maximum Gasteiger partial charge on any atom is 0.257 e. The zero-order valence-corrected chi connectivity index (χ0v) is 18.5. The van der Waals surface area contributed by atoms with E-state index in [2.05, 4.69) is 10.6 Å². The third kappa shape index (κ3) is 4.50. The smallest absolute Gasteiger partial charge is 0.257 e. The molecule has 1 amide bonds. The number of ether oxygens (including phenoxy) is 2. The maximum atomic E-state index is 12.6. The number of hydrogen-bond donors (Lipinski definition) is 2. The van der Waals surface area contributed by atoms with Crippen molar-refractivity contribution in [2.24, 2.45) is 0 Å². The van der Waals surface area contributed by atoms with Crippen molar-refractivity contribution in [3.8, 4) is 22.1 Å². The van der Waals surface area contributed by atoms with Crippen molar-refractivity contribution >= 4 is 50.5 Å². The first-order chi connectivity index (χ1) is 15.1. The topological polar surface area (TPSA) is 72.5 Å². The lowest BCUT2D eigenvalue weighted by atomic mass is 10.2. The Balaban J connectivity index is 1.52. The van der Waals surface area contributed by atoms with Crippen molar-refractivity contribution in [2.75, 3.05) is 19.5 Å². The van der Waals surface area contributed by atoms with Gasteiger partial charge in [0.1, 0.15) is 5.01 Å². The highest BCUT2D eigenvalue weighted by Gasteiger charge is 2.14. The fourth-order valence-electron chi connectivity index (χ4n) is 3.07. The van der Waals surface area contributed by atoms with Crippen LogP contribution in [0.3, 0.4) is 0 Å². The quantitative estimate of drug-likeness (QED) is 0.413. The summed E-state index contributed by atoms with van der Waals surface area (Å²) in [4.78, 5) is 17.4. The Hall–Kier alpha value is -3.49. The van der Waals surface area contributed by atoms with Crippen LogP contribution in [0, 0.1) is 0 Å². The first kappa shape index (κ1) is 20.8. The molecule has 0 spiro atoms. The number of thiocarbonyl (C=S) groups is 1. The van der Waals surface area contributed by atoms with Crippen LogP contribution in [0.4, 0.5) is 5.69 Å². The molecule has 0 saturated heterocycles. The van der Waals surface area contributed by atoms with Crippen LogP contribution in [0.15, 0.2) is 66.7 Å². The van der Waals surface area contributed by atoms with E-state index in [1.54, 1.807) is 36.6 Å². The fraction of sp³-hybridized carbons (Fsp3) is 0.0870. The average molecular weight is 450 g/mol. The first-order valence-corrected chi connectivity index (χ1v) is 10.6. The zero-order chi connectivity index (χ0) is 21.8. The summed E-state index contributed by atoms with van der Waals surface area (Å²) in [5.41, 5.74) is 3.02. The van der Waals surface area contributed by atoms with Crippen molar-refractivity contribution in [1.29, 1.82) is 0 Å². The number of carbonyl (C=O) groups is 1. The first-order valence-electron chi connectivity index (χ1n) is 9.38. The van der Waals surface area contributed by atoms with Gasteiger partial charge in [0.2, 0.25) is 0 Å². The molecule has 0 fully saturated rings. The Labute approximate surface area is 188 Å². The molecule has 0 unspecified atom stereocenters. The van der Waals surface area contributed by atoms with E-state index >= 15 is 0 Å². The summed E-state index contributed by atoms with van der Waals surface area (Å²) in [6.45, 7) is 0. The van der Waals surface area contributed by atoms with Gasteiger partial charge in [0.15, 0.2) is 16.6 Å². The van der Waals surface area contributed by atoms with E-state index in [4.69, 9.17) is 26.7 Å². The van der Waals surface area contributed by atoms with Gasteiger partial charge in [0.05, 0.1) is 30.1 Å². The van der Waals surface area contributed by atoms with Crippen molar-refractivity contribution in [3.63, 3.8) is 0 Å². The monoisotopic (exact) mass is 449 g/mol. The highest BCUT2D eigenvalue weighted by molar-refractivity contribution is 7.80. The molecule has 4 aromatic rings. The minimum absolute atomic E-state index is 0.188. The Morgan fingerprint density at radius 2 is 1.71 bits per heavy atom. The van der Waals surface area contributed by atoms with Crippen molar-refractivity contribution in [1.82, 2.24) is 10.3 Å². The van der Waals surface area contributed by atoms with Crippen molar-refractivity contribution in [3.05, 3.63) is 72.3 Å². The molecule has 1 aromatic heterocycles. The van der Waals surface area contributed by atoms with Crippen LogP contribution in [-0.4, -0.2) is 30.2 Å². The summed E-state index contributed by atoms with van der Waals surface area (Å²) in [7, 11) is 3.06. The average Bonchev–Trinajstić information content (AvgIpc) is 3.23. The second-order valence-electron chi connectivity index (χ2n) is 6.51. The number of nitrogens with zero attached hydrogens (tertiary/aromatic N) is 1. The number of benzene rings is 3. The third-order valence-electron chi connectivity index (χ3n) is 4.57. The van der Waals surface area contributed by atoms with Crippen molar-refractivity contribution in [2.45, 2.75) is 0 Å². The van der Waals surface area contributed by atoms with Crippen LogP contribution in [0.2, 0.25) is 0 Å². The normalized spacial score (nSPS) is 10.5. The molecule has 6 nitrogen and oxygen atoms in total. The number of rotatable bonds is 5. The lowest BCUT2D eigenvalue weighted by Gasteiger charge is -2.13. The molecule has 1 heterocycles. The molecule has 0 atom stereocenters. The van der Waals surface area contributed by atoms with E-state index in [0.29, 0.717) is 17.1 Å². The van der Waals surface area contributed by atoms with Crippen LogP contribution in [0.1, 0.15) is 10.4 Å². The summed E-state index contributed by atoms with van der Waals surface area (Å²) in [5.74, 6) is 0.663. The Kier molecular flexibility index (Phi) is 6.11. The zero-order valence-electron chi connectivity index (χ0n) is 16.8. The van der Waals surface area contributed by atoms with Gasteiger partial charge in [-0.05, 0) is 54.7 Å². The van der Waals surface area contributed by atoms with Crippen LogP contribution < -0.4 is 20.1 Å². The van der Waals surface area contributed by atoms with Crippen LogP contribution in [0.5, 0.6) is 11.5 Å². The van der Waals surface area contributed by atoms with E-state index in [-0.39, 0.29) is 11.0 Å². The summed E-state index contributed by atoms with van der Waals surface area (Å²) in [5, 5.41) is 6.88. The number of fused-ring (bicyclic) bond motifs is 1. The van der Waals surface area contributed by atoms with Crippen LogP contribution in [0.25, 0.3) is 20.8 Å². The Morgan fingerprint density at radius 1 is 0.968 bits per heavy atom. The molecule has 0 radical (unpaired) electrons. The predicted molar refractivity (Wildman–Crippen MR) is 128 cm³/mol. The predicted octanol–water partition coefficient (Wildman–Crippen LogP) is 5.11. The molecule has 0 saturated carbocycles. The summed E-state index contributed by atoms with van der Waals surface area (Å²) >= 11 is 6.98. The van der Waals surface area contributed by atoms with Gasteiger partial charge in [-0.1, -0.05) is 24.3 Å². The van der Waals surface area contributed by atoms with E-state index in [1.807, 2.05) is 48.5 Å². The number of thiazole rings is 1. The van der Waals surface area contributed by atoms with Crippen LogP contribution >= 0.6 is 23.6 Å². The molecule has 0 aliphatic rings. The highest BCUT2D eigenvalue weighted by Crippen LogP contribution is 2.34. The molecular weight excluding hydrogens is 430 g/mol. The number of aromatic nitrogens is 1. The van der Waals surface area contributed by atoms with Gasteiger partial charge < -0.3 is 14.8 Å². The van der Waals surface area contributed by atoms with E-state index in [1.165, 1.54) is 7.11 Å². The van der Waals surface area contributed by atoms with Crippen LogP contribution in [-0.2, 0) is 0 Å². The van der Waals surface area contributed by atoms with Gasteiger partial charge in [-0.25, -0.2) is 4.98 Å². The number of hydrogen-bond acceptors (Lipinski definition) is 6. The number of methoxy groups -OCH3 is 2. The molecule has 31 heavy (non-hydrogen) atoms. The number of carbonyl (C=O) groups excluding carboxylic acids is 1. The fourth-order valence-corrected chi connectivity index (χ4v) is 4.28. The van der Waals surface area contributed by atoms with Gasteiger partial charge in [-0.3, -0.25) is 10.1 Å². The van der Waals surface area contributed by atoms with Gasteiger partial charge in [0, 0.05) is 11.1 Å². The van der Waals surface area contributed by atoms with Crippen molar-refractivity contribution < 1.29 is 14.3 Å². The number of nitrogens with one attached hydrogen (secondary N) is 2. The van der Waals surface area contributed by atoms with E-state index in [9.17, 15) is 4.79 Å².